The quantitative estimate of drug-likeness (QED) is 0.471. The fourth-order valence-electron chi connectivity index (χ4n) is 2.57. The zero-order chi connectivity index (χ0) is 13.9. The molecule has 112 valence electrons. The van der Waals surface area contributed by atoms with E-state index in [9.17, 15) is 4.79 Å². The first-order valence-corrected chi connectivity index (χ1v) is 8.10. The van der Waals surface area contributed by atoms with Gasteiger partial charge in [-0.2, -0.15) is 0 Å². The van der Waals surface area contributed by atoms with Crippen molar-refractivity contribution >= 4 is 5.97 Å². The SMILES string of the molecule is CCCCCCCCCC(=O)OC1CCN(C)CC1. The summed E-state index contributed by atoms with van der Waals surface area (Å²) >= 11 is 0. The van der Waals surface area contributed by atoms with Crippen LogP contribution in [0.3, 0.4) is 0 Å². The number of unbranched alkanes of at least 4 members (excludes halogenated alkanes) is 6. The van der Waals surface area contributed by atoms with Crippen LogP contribution in [0.2, 0.25) is 0 Å². The second-order valence-corrected chi connectivity index (χ2v) is 5.86. The second kappa shape index (κ2) is 10.2. The van der Waals surface area contributed by atoms with Gasteiger partial charge in [0, 0.05) is 19.5 Å². The molecule has 19 heavy (non-hydrogen) atoms. The van der Waals surface area contributed by atoms with Crippen LogP contribution < -0.4 is 0 Å². The molecular weight excluding hydrogens is 238 g/mol. The van der Waals surface area contributed by atoms with Crippen molar-refractivity contribution in [2.45, 2.75) is 77.2 Å². The van der Waals surface area contributed by atoms with E-state index in [1.54, 1.807) is 0 Å². The van der Waals surface area contributed by atoms with Crippen LogP contribution in [0.25, 0.3) is 0 Å². The summed E-state index contributed by atoms with van der Waals surface area (Å²) in [7, 11) is 2.12. The third-order valence-electron chi connectivity index (χ3n) is 3.95. The minimum Gasteiger partial charge on any atom is -0.462 e. The number of carbonyl (C=O) groups excluding carboxylic acids is 1. The Morgan fingerprint density at radius 3 is 2.26 bits per heavy atom. The molecule has 0 amide bonds. The van der Waals surface area contributed by atoms with E-state index in [0.717, 1.165) is 32.4 Å². The van der Waals surface area contributed by atoms with Crippen LogP contribution in [0.15, 0.2) is 0 Å². The Morgan fingerprint density at radius 1 is 1.05 bits per heavy atom. The molecular formula is C16H31NO2. The summed E-state index contributed by atoms with van der Waals surface area (Å²) in [5.41, 5.74) is 0. The first-order valence-electron chi connectivity index (χ1n) is 8.10. The van der Waals surface area contributed by atoms with E-state index in [2.05, 4.69) is 18.9 Å². The zero-order valence-electron chi connectivity index (χ0n) is 12.8. The van der Waals surface area contributed by atoms with Crippen molar-refractivity contribution in [2.24, 2.45) is 0 Å². The lowest BCUT2D eigenvalue weighted by Gasteiger charge is -2.28. The van der Waals surface area contributed by atoms with Crippen LogP contribution in [-0.2, 0) is 9.53 Å². The van der Waals surface area contributed by atoms with Crippen LogP contribution in [0.4, 0.5) is 0 Å². The topological polar surface area (TPSA) is 29.5 Å². The molecule has 3 nitrogen and oxygen atoms in total. The summed E-state index contributed by atoms with van der Waals surface area (Å²) in [6.07, 6.45) is 11.5. The summed E-state index contributed by atoms with van der Waals surface area (Å²) in [6.45, 7) is 4.34. The smallest absolute Gasteiger partial charge is 0.306 e. The van der Waals surface area contributed by atoms with Crippen LogP contribution in [0.1, 0.15) is 71.1 Å². The molecule has 1 aliphatic heterocycles. The fraction of sp³-hybridized carbons (Fsp3) is 0.938. The van der Waals surface area contributed by atoms with Gasteiger partial charge in [-0.05, 0) is 26.3 Å². The number of hydrogen-bond donors (Lipinski definition) is 0. The molecule has 0 aromatic rings. The largest absolute Gasteiger partial charge is 0.462 e. The van der Waals surface area contributed by atoms with E-state index in [4.69, 9.17) is 4.74 Å². The third kappa shape index (κ3) is 8.25. The van der Waals surface area contributed by atoms with Crippen molar-refractivity contribution in [3.05, 3.63) is 0 Å². The Hall–Kier alpha value is -0.570. The lowest BCUT2D eigenvalue weighted by Crippen LogP contribution is -2.35. The van der Waals surface area contributed by atoms with Gasteiger partial charge in [-0.1, -0.05) is 45.4 Å². The number of rotatable bonds is 9. The number of ether oxygens (including phenoxy) is 1. The highest BCUT2D eigenvalue weighted by atomic mass is 16.5. The molecule has 0 unspecified atom stereocenters. The second-order valence-electron chi connectivity index (χ2n) is 5.86. The van der Waals surface area contributed by atoms with Crippen LogP contribution in [-0.4, -0.2) is 37.1 Å². The van der Waals surface area contributed by atoms with Crippen LogP contribution in [0, 0.1) is 0 Å². The zero-order valence-corrected chi connectivity index (χ0v) is 12.8. The maximum absolute atomic E-state index is 11.7. The molecule has 1 rings (SSSR count). The number of nitrogens with zero attached hydrogens (tertiary/aromatic N) is 1. The highest BCUT2D eigenvalue weighted by molar-refractivity contribution is 5.69. The van der Waals surface area contributed by atoms with Gasteiger partial charge >= 0.3 is 5.97 Å². The summed E-state index contributed by atoms with van der Waals surface area (Å²) in [4.78, 5) is 14.0. The van der Waals surface area contributed by atoms with Gasteiger partial charge in [0.1, 0.15) is 6.10 Å². The number of likely N-dealkylation sites (tertiary alicyclic amines) is 1. The van der Waals surface area contributed by atoms with Crippen LogP contribution in [0.5, 0.6) is 0 Å². The van der Waals surface area contributed by atoms with Gasteiger partial charge in [-0.25, -0.2) is 0 Å². The molecule has 1 aliphatic rings. The Bertz CT molecular complexity index is 235. The van der Waals surface area contributed by atoms with Crippen molar-refractivity contribution in [2.75, 3.05) is 20.1 Å². The monoisotopic (exact) mass is 269 g/mol. The van der Waals surface area contributed by atoms with Gasteiger partial charge in [-0.15, -0.1) is 0 Å². The predicted octanol–water partition coefficient (Wildman–Crippen LogP) is 3.76. The lowest BCUT2D eigenvalue weighted by atomic mass is 10.1. The predicted molar refractivity (Wildman–Crippen MR) is 79.2 cm³/mol. The first-order chi connectivity index (χ1) is 9.22. The first kappa shape index (κ1) is 16.5. The fourth-order valence-corrected chi connectivity index (χ4v) is 2.57. The molecule has 1 saturated heterocycles. The highest BCUT2D eigenvalue weighted by Gasteiger charge is 2.19. The summed E-state index contributed by atoms with van der Waals surface area (Å²) < 4.78 is 5.52. The van der Waals surface area contributed by atoms with E-state index < -0.39 is 0 Å². The van der Waals surface area contributed by atoms with Crippen molar-refractivity contribution in [1.82, 2.24) is 4.90 Å². The minimum absolute atomic E-state index is 0.0168. The summed E-state index contributed by atoms with van der Waals surface area (Å²) in [5.74, 6) is 0.0168. The van der Waals surface area contributed by atoms with Crippen LogP contribution >= 0.6 is 0 Å². The Morgan fingerprint density at radius 2 is 1.63 bits per heavy atom. The van der Waals surface area contributed by atoms with Gasteiger partial charge < -0.3 is 9.64 Å². The van der Waals surface area contributed by atoms with E-state index in [0.29, 0.717) is 6.42 Å². The molecule has 0 aliphatic carbocycles. The number of hydrogen-bond acceptors (Lipinski definition) is 3. The molecule has 0 aromatic carbocycles. The molecule has 0 radical (unpaired) electrons. The molecule has 0 aromatic heterocycles. The van der Waals surface area contributed by atoms with E-state index in [1.165, 1.54) is 38.5 Å². The van der Waals surface area contributed by atoms with E-state index >= 15 is 0 Å². The van der Waals surface area contributed by atoms with Crippen molar-refractivity contribution in [1.29, 1.82) is 0 Å². The van der Waals surface area contributed by atoms with Gasteiger partial charge in [0.05, 0.1) is 0 Å². The minimum atomic E-state index is 0.0168. The van der Waals surface area contributed by atoms with Crippen molar-refractivity contribution in [3.63, 3.8) is 0 Å². The molecule has 0 atom stereocenters. The lowest BCUT2D eigenvalue weighted by molar-refractivity contribution is -0.151. The van der Waals surface area contributed by atoms with Gasteiger partial charge in [0.2, 0.25) is 0 Å². The maximum atomic E-state index is 11.7. The van der Waals surface area contributed by atoms with E-state index in [1.807, 2.05) is 0 Å². The molecule has 0 N–H and O–H groups in total. The molecule has 1 fully saturated rings. The van der Waals surface area contributed by atoms with Crippen molar-refractivity contribution in [3.8, 4) is 0 Å². The molecule has 1 heterocycles. The van der Waals surface area contributed by atoms with Crippen molar-refractivity contribution < 1.29 is 9.53 Å². The summed E-state index contributed by atoms with van der Waals surface area (Å²) in [5, 5.41) is 0. The Labute approximate surface area is 118 Å². The molecule has 0 bridgehead atoms. The highest BCUT2D eigenvalue weighted by Crippen LogP contribution is 2.14. The average Bonchev–Trinajstić information content (AvgIpc) is 2.40. The molecule has 3 heteroatoms. The maximum Gasteiger partial charge on any atom is 0.306 e. The normalized spacial score (nSPS) is 17.6. The Kier molecular flexibility index (Phi) is 8.89. The Balaban J connectivity index is 1.93. The summed E-state index contributed by atoms with van der Waals surface area (Å²) in [6, 6.07) is 0. The number of carbonyl (C=O) groups is 1. The molecule has 0 spiro atoms. The standard InChI is InChI=1S/C16H31NO2/c1-3-4-5-6-7-8-9-10-16(18)19-15-11-13-17(2)14-12-15/h15H,3-14H2,1-2H3. The van der Waals surface area contributed by atoms with E-state index in [-0.39, 0.29) is 12.1 Å². The average molecular weight is 269 g/mol. The number of esters is 1. The third-order valence-corrected chi connectivity index (χ3v) is 3.95. The van der Waals surface area contributed by atoms with Gasteiger partial charge in [0.15, 0.2) is 0 Å². The van der Waals surface area contributed by atoms with Gasteiger partial charge in [0.25, 0.3) is 0 Å². The van der Waals surface area contributed by atoms with Gasteiger partial charge in [-0.3, -0.25) is 4.79 Å². The number of piperidine rings is 1. The molecule has 0 saturated carbocycles.